The lowest BCUT2D eigenvalue weighted by Crippen LogP contribution is -2.55. The fourth-order valence-corrected chi connectivity index (χ4v) is 5.01. The van der Waals surface area contributed by atoms with E-state index in [2.05, 4.69) is 26.1 Å². The molecule has 0 bridgehead atoms. The van der Waals surface area contributed by atoms with Gasteiger partial charge in [-0.25, -0.2) is 4.39 Å². The SMILES string of the molecule is C[C@@H]1CN(C(=O)c2ccc(NC(=O)c3cc4c(nn3)N[C@H](c3c(Cl)ccc(F)c3Cl)O4)cc2)C[C@H](C)N1. The zero-order valence-electron chi connectivity index (χ0n) is 19.9. The molecule has 3 atom stereocenters. The highest BCUT2D eigenvalue weighted by atomic mass is 35.5. The number of benzene rings is 2. The molecule has 2 aliphatic heterocycles. The number of nitrogens with zero attached hydrogens (tertiary/aromatic N) is 3. The number of piperazine rings is 1. The lowest BCUT2D eigenvalue weighted by Gasteiger charge is -2.36. The van der Waals surface area contributed by atoms with Crippen LogP contribution in [0.1, 0.15) is 46.5 Å². The van der Waals surface area contributed by atoms with Gasteiger partial charge in [-0.3, -0.25) is 9.59 Å². The van der Waals surface area contributed by atoms with Crippen LogP contribution in [-0.4, -0.2) is 52.1 Å². The number of fused-ring (bicyclic) bond motifs is 1. The highest BCUT2D eigenvalue weighted by Gasteiger charge is 2.31. The van der Waals surface area contributed by atoms with Crippen molar-refractivity contribution in [1.82, 2.24) is 20.4 Å². The second-order valence-corrected chi connectivity index (χ2v) is 9.84. The van der Waals surface area contributed by atoms with Gasteiger partial charge in [-0.1, -0.05) is 23.2 Å². The molecular formula is C25H23Cl2FN6O3. The standard InChI is InChI=1S/C25H23Cl2FN6O3/c1-12-10-34(11-13(2)29-12)25(36)14-3-5-15(6-4-14)30-23(35)18-9-19-22(33-32-18)31-24(37-19)20-16(26)7-8-17(28)21(20)27/h3-9,12-13,24,29H,10-11H2,1-2H3,(H,30,35)(H,31,33)/t12-,13+,24-/m0/s1. The van der Waals surface area contributed by atoms with Gasteiger partial charge in [0.15, 0.2) is 17.3 Å². The third-order valence-corrected chi connectivity index (χ3v) is 6.79. The van der Waals surface area contributed by atoms with Gasteiger partial charge in [-0.2, -0.15) is 0 Å². The highest BCUT2D eigenvalue weighted by Crippen LogP contribution is 2.41. The maximum atomic E-state index is 13.9. The quantitative estimate of drug-likeness (QED) is 0.415. The largest absolute Gasteiger partial charge is 0.462 e. The molecule has 0 spiro atoms. The number of aromatic nitrogens is 2. The maximum absolute atomic E-state index is 13.9. The topological polar surface area (TPSA) is 108 Å². The fraction of sp³-hybridized carbons (Fsp3) is 0.280. The summed E-state index contributed by atoms with van der Waals surface area (Å²) in [5.74, 6) is -0.717. The van der Waals surface area contributed by atoms with Crippen LogP contribution in [0.25, 0.3) is 0 Å². The summed E-state index contributed by atoms with van der Waals surface area (Å²) in [6.07, 6.45) is -0.898. The average molecular weight is 545 g/mol. The van der Waals surface area contributed by atoms with Crippen LogP contribution >= 0.6 is 23.2 Å². The fourth-order valence-electron chi connectivity index (χ4n) is 4.44. The summed E-state index contributed by atoms with van der Waals surface area (Å²) in [6, 6.07) is 11.0. The van der Waals surface area contributed by atoms with Crippen LogP contribution in [0, 0.1) is 5.82 Å². The Morgan fingerprint density at radius 3 is 2.49 bits per heavy atom. The van der Waals surface area contributed by atoms with E-state index in [4.69, 9.17) is 27.9 Å². The molecule has 192 valence electrons. The number of amides is 2. The minimum atomic E-state index is -0.898. The van der Waals surface area contributed by atoms with Gasteiger partial charge in [0.05, 0.1) is 15.6 Å². The Bertz CT molecular complexity index is 1360. The first-order valence-corrected chi connectivity index (χ1v) is 12.4. The Morgan fingerprint density at radius 1 is 1.08 bits per heavy atom. The molecule has 5 rings (SSSR count). The van der Waals surface area contributed by atoms with Crippen molar-refractivity contribution in [2.75, 3.05) is 23.7 Å². The van der Waals surface area contributed by atoms with E-state index < -0.39 is 18.0 Å². The van der Waals surface area contributed by atoms with Crippen molar-refractivity contribution in [3.05, 3.63) is 75.1 Å². The van der Waals surface area contributed by atoms with Gasteiger partial charge in [0, 0.05) is 42.5 Å². The van der Waals surface area contributed by atoms with E-state index in [0.717, 1.165) is 6.07 Å². The van der Waals surface area contributed by atoms with Crippen LogP contribution in [0.4, 0.5) is 15.9 Å². The monoisotopic (exact) mass is 544 g/mol. The van der Waals surface area contributed by atoms with E-state index in [1.165, 1.54) is 12.1 Å². The molecule has 1 aromatic heterocycles. The normalized spacial score (nSPS) is 20.6. The Kier molecular flexibility index (Phi) is 6.89. The zero-order chi connectivity index (χ0) is 26.3. The highest BCUT2D eigenvalue weighted by molar-refractivity contribution is 6.36. The first-order chi connectivity index (χ1) is 17.7. The first kappa shape index (κ1) is 25.2. The second kappa shape index (κ2) is 10.1. The molecule has 0 saturated carbocycles. The van der Waals surface area contributed by atoms with Gasteiger partial charge in [0.25, 0.3) is 11.8 Å². The number of rotatable bonds is 4. The van der Waals surface area contributed by atoms with Gasteiger partial charge in [0.2, 0.25) is 6.23 Å². The number of hydrogen-bond acceptors (Lipinski definition) is 7. The molecule has 3 heterocycles. The third kappa shape index (κ3) is 5.18. The minimum Gasteiger partial charge on any atom is -0.462 e. The summed E-state index contributed by atoms with van der Waals surface area (Å²) in [4.78, 5) is 27.5. The molecule has 2 amide bonds. The van der Waals surface area contributed by atoms with Crippen LogP contribution in [0.5, 0.6) is 5.75 Å². The molecule has 1 fully saturated rings. The predicted molar refractivity (Wildman–Crippen MR) is 138 cm³/mol. The summed E-state index contributed by atoms with van der Waals surface area (Å²) >= 11 is 12.3. The predicted octanol–water partition coefficient (Wildman–Crippen LogP) is 4.50. The Morgan fingerprint density at radius 2 is 1.78 bits per heavy atom. The molecule has 1 saturated heterocycles. The van der Waals surface area contributed by atoms with E-state index in [0.29, 0.717) is 24.3 Å². The third-order valence-electron chi connectivity index (χ3n) is 6.08. The lowest BCUT2D eigenvalue weighted by molar-refractivity contribution is 0.0673. The van der Waals surface area contributed by atoms with Crippen molar-refractivity contribution in [1.29, 1.82) is 0 Å². The second-order valence-electron chi connectivity index (χ2n) is 9.05. The van der Waals surface area contributed by atoms with Gasteiger partial charge < -0.3 is 25.6 Å². The zero-order valence-corrected chi connectivity index (χ0v) is 21.4. The van der Waals surface area contributed by atoms with Crippen LogP contribution < -0.4 is 20.7 Å². The molecule has 3 N–H and O–H groups in total. The Balaban J connectivity index is 1.25. The summed E-state index contributed by atoms with van der Waals surface area (Å²) in [5, 5.41) is 17.0. The van der Waals surface area contributed by atoms with Crippen LogP contribution in [-0.2, 0) is 0 Å². The van der Waals surface area contributed by atoms with Crippen molar-refractivity contribution >= 4 is 46.5 Å². The number of ether oxygens (including phenoxy) is 1. The smallest absolute Gasteiger partial charge is 0.276 e. The number of anilines is 2. The molecule has 0 radical (unpaired) electrons. The van der Waals surface area contributed by atoms with Crippen molar-refractivity contribution in [3.8, 4) is 5.75 Å². The van der Waals surface area contributed by atoms with Gasteiger partial charge >= 0.3 is 0 Å². The number of halogens is 3. The van der Waals surface area contributed by atoms with Crippen LogP contribution in [0.3, 0.4) is 0 Å². The summed E-state index contributed by atoms with van der Waals surface area (Å²) in [5.41, 5.74) is 1.24. The molecule has 37 heavy (non-hydrogen) atoms. The van der Waals surface area contributed by atoms with E-state index >= 15 is 0 Å². The number of nitrogens with one attached hydrogen (secondary N) is 3. The van der Waals surface area contributed by atoms with Crippen LogP contribution in [0.15, 0.2) is 42.5 Å². The van der Waals surface area contributed by atoms with E-state index in [-0.39, 0.29) is 50.9 Å². The molecule has 12 heteroatoms. The van der Waals surface area contributed by atoms with E-state index in [1.54, 1.807) is 24.3 Å². The van der Waals surface area contributed by atoms with Gasteiger partial charge in [-0.15, -0.1) is 10.2 Å². The van der Waals surface area contributed by atoms with Gasteiger partial charge in [-0.05, 0) is 50.2 Å². The molecule has 0 unspecified atom stereocenters. The summed E-state index contributed by atoms with van der Waals surface area (Å²) in [7, 11) is 0. The Hall–Kier alpha value is -3.47. The van der Waals surface area contributed by atoms with Crippen molar-refractivity contribution < 1.29 is 18.7 Å². The average Bonchev–Trinajstić information content (AvgIpc) is 3.29. The number of carbonyl (C=O) groups is 2. The lowest BCUT2D eigenvalue weighted by atomic mass is 10.1. The van der Waals surface area contributed by atoms with Crippen LogP contribution in [0.2, 0.25) is 10.0 Å². The number of hydrogen-bond donors (Lipinski definition) is 3. The van der Waals surface area contributed by atoms with Crippen molar-refractivity contribution in [2.24, 2.45) is 0 Å². The number of carbonyl (C=O) groups excluding carboxylic acids is 2. The Labute approximate surface area is 222 Å². The summed E-state index contributed by atoms with van der Waals surface area (Å²) in [6.45, 7) is 5.36. The molecule has 3 aromatic rings. The minimum absolute atomic E-state index is 0.00146. The van der Waals surface area contributed by atoms with E-state index in [1.807, 2.05) is 18.7 Å². The first-order valence-electron chi connectivity index (χ1n) is 11.6. The summed E-state index contributed by atoms with van der Waals surface area (Å²) < 4.78 is 19.7. The maximum Gasteiger partial charge on any atom is 0.276 e. The van der Waals surface area contributed by atoms with Gasteiger partial charge in [0.1, 0.15) is 5.82 Å². The molecular weight excluding hydrogens is 522 g/mol. The molecule has 2 aromatic carbocycles. The molecule has 9 nitrogen and oxygen atoms in total. The van der Waals surface area contributed by atoms with Crippen molar-refractivity contribution in [3.63, 3.8) is 0 Å². The molecule has 0 aliphatic carbocycles. The van der Waals surface area contributed by atoms with Crippen molar-refractivity contribution in [2.45, 2.75) is 32.2 Å². The van der Waals surface area contributed by atoms with E-state index in [9.17, 15) is 14.0 Å². The molecule has 2 aliphatic rings.